The number of carbonyl (C=O) groups is 5. The van der Waals surface area contributed by atoms with E-state index in [4.69, 9.17) is 9.47 Å². The highest BCUT2D eigenvalue weighted by atomic mass is 16.7. The lowest BCUT2D eigenvalue weighted by Gasteiger charge is -2.47. The molecule has 2 fully saturated rings. The zero-order valence-corrected chi connectivity index (χ0v) is 25.5. The van der Waals surface area contributed by atoms with Gasteiger partial charge in [0.25, 0.3) is 11.8 Å². The third-order valence-corrected chi connectivity index (χ3v) is 8.62. The van der Waals surface area contributed by atoms with Crippen LogP contribution in [0.4, 0.5) is 0 Å². The van der Waals surface area contributed by atoms with E-state index in [1.807, 2.05) is 48.6 Å². The molecular formula is C35H36N4O7. The van der Waals surface area contributed by atoms with Gasteiger partial charge in [-0.25, -0.2) is 0 Å². The number of fused-ring (bicyclic) bond motifs is 2. The molecule has 0 radical (unpaired) electrons. The van der Waals surface area contributed by atoms with Crippen LogP contribution < -0.4 is 10.6 Å². The third kappa shape index (κ3) is 6.36. The summed E-state index contributed by atoms with van der Waals surface area (Å²) in [6, 6.07) is 18.4. The molecule has 3 heterocycles. The highest BCUT2D eigenvalue weighted by molar-refractivity contribution is 6.08. The van der Waals surface area contributed by atoms with E-state index in [1.54, 1.807) is 48.2 Å². The van der Waals surface area contributed by atoms with Gasteiger partial charge in [-0.05, 0) is 48.7 Å². The molecule has 2 N–H and O–H groups in total. The molecule has 4 amide bonds. The molecule has 0 bridgehead atoms. The summed E-state index contributed by atoms with van der Waals surface area (Å²) in [5, 5.41) is 7.44. The number of carbonyl (C=O) groups excluding carboxylic acids is 5. The van der Waals surface area contributed by atoms with Crippen LogP contribution in [0.2, 0.25) is 0 Å². The average Bonchev–Trinajstić information content (AvgIpc) is 3.42. The average molecular weight is 625 g/mol. The Morgan fingerprint density at radius 3 is 2.43 bits per heavy atom. The summed E-state index contributed by atoms with van der Waals surface area (Å²) in [6.45, 7) is 2.15. The number of esters is 1. The topological polar surface area (TPSA) is 134 Å². The van der Waals surface area contributed by atoms with Gasteiger partial charge in [0, 0.05) is 24.3 Å². The Bertz CT molecular complexity index is 1670. The minimum Gasteiger partial charge on any atom is -0.433 e. The van der Waals surface area contributed by atoms with Crippen LogP contribution in [0.15, 0.2) is 84.9 Å². The highest BCUT2D eigenvalue weighted by Crippen LogP contribution is 2.26. The van der Waals surface area contributed by atoms with Crippen LogP contribution in [0.1, 0.15) is 46.9 Å². The number of nitrogens with zero attached hydrogens (tertiary/aromatic N) is 2. The van der Waals surface area contributed by atoms with Gasteiger partial charge >= 0.3 is 5.97 Å². The molecule has 2 saturated heterocycles. The van der Waals surface area contributed by atoms with Gasteiger partial charge in [-0.3, -0.25) is 24.0 Å². The molecule has 0 aromatic heterocycles. The lowest BCUT2D eigenvalue weighted by atomic mass is 9.95. The second-order valence-electron chi connectivity index (χ2n) is 11.6. The smallest absolute Gasteiger partial charge is 0.310 e. The van der Waals surface area contributed by atoms with Crippen molar-refractivity contribution in [3.8, 4) is 0 Å². The molecule has 0 saturated carbocycles. The normalized spacial score (nSPS) is 25.2. The lowest BCUT2D eigenvalue weighted by molar-refractivity contribution is -0.165. The van der Waals surface area contributed by atoms with Crippen molar-refractivity contribution in [1.82, 2.24) is 20.4 Å². The van der Waals surface area contributed by atoms with Gasteiger partial charge in [0.2, 0.25) is 18.1 Å². The summed E-state index contributed by atoms with van der Waals surface area (Å²) in [6.07, 6.45) is 3.37. The van der Waals surface area contributed by atoms with E-state index in [1.165, 1.54) is 4.90 Å². The first-order chi connectivity index (χ1) is 22.3. The molecule has 0 spiro atoms. The molecule has 3 aliphatic rings. The first kappa shape index (κ1) is 31.0. The Morgan fingerprint density at radius 1 is 0.891 bits per heavy atom. The number of ether oxygens (including phenoxy) is 2. The van der Waals surface area contributed by atoms with E-state index in [0.29, 0.717) is 17.5 Å². The summed E-state index contributed by atoms with van der Waals surface area (Å²) >= 11 is 0. The summed E-state index contributed by atoms with van der Waals surface area (Å²) < 4.78 is 10.8. The van der Waals surface area contributed by atoms with Crippen molar-refractivity contribution < 1.29 is 33.4 Å². The lowest BCUT2D eigenvalue weighted by Crippen LogP contribution is -2.68. The maximum Gasteiger partial charge on any atom is 0.310 e. The number of cyclic esters (lactones) is 1. The summed E-state index contributed by atoms with van der Waals surface area (Å²) in [5.41, 5.74) is 0.906. The van der Waals surface area contributed by atoms with Crippen LogP contribution in [-0.2, 0) is 23.9 Å². The largest absolute Gasteiger partial charge is 0.433 e. The second kappa shape index (κ2) is 13.5. The number of rotatable bonds is 7. The van der Waals surface area contributed by atoms with Crippen molar-refractivity contribution >= 4 is 40.4 Å². The number of hydrogen-bond acceptors (Lipinski definition) is 7. The molecule has 3 aliphatic heterocycles. The maximum absolute atomic E-state index is 14.4. The molecule has 6 rings (SSSR count). The van der Waals surface area contributed by atoms with E-state index in [9.17, 15) is 24.0 Å². The molecule has 3 aromatic carbocycles. The number of amides is 4. The monoisotopic (exact) mass is 624 g/mol. The van der Waals surface area contributed by atoms with Crippen molar-refractivity contribution in [2.45, 2.75) is 56.6 Å². The zero-order chi connectivity index (χ0) is 32.2. The van der Waals surface area contributed by atoms with E-state index >= 15 is 0 Å². The van der Waals surface area contributed by atoms with Gasteiger partial charge in [-0.2, -0.15) is 0 Å². The number of nitrogens with one attached hydrogen (secondary N) is 2. The Morgan fingerprint density at radius 2 is 1.63 bits per heavy atom. The Balaban J connectivity index is 1.30. The van der Waals surface area contributed by atoms with Crippen LogP contribution in [0.25, 0.3) is 10.8 Å². The minimum absolute atomic E-state index is 0.0731. The van der Waals surface area contributed by atoms with Crippen molar-refractivity contribution in [3.63, 3.8) is 0 Å². The predicted molar refractivity (Wildman–Crippen MR) is 168 cm³/mol. The van der Waals surface area contributed by atoms with Gasteiger partial charge < -0.3 is 29.9 Å². The standard InChI is InChI=1S/C35H36N4O7/c1-2-45-35-28(19-30(40)46-35)37-32(42)29-21-38(33(43)23-12-4-3-5-13-23)20-24-15-7-9-18-27(34(44)39(24)29)36-31(41)26-17-10-14-22-11-6-8-16-25(22)26/h3-14,16-17,24,27-29,35H,2,15,18-21H2,1H3,(H,36,41)(H,37,42)/b9-7-/t24-,27-,28?,29-,35?/m0/s1. The Labute approximate surface area is 266 Å². The van der Waals surface area contributed by atoms with E-state index in [2.05, 4.69) is 10.6 Å². The molecule has 0 aliphatic carbocycles. The Kier molecular flexibility index (Phi) is 9.11. The fourth-order valence-corrected chi connectivity index (χ4v) is 6.42. The van der Waals surface area contributed by atoms with Gasteiger partial charge in [0.1, 0.15) is 18.1 Å². The summed E-state index contributed by atoms with van der Waals surface area (Å²) in [4.78, 5) is 70.8. The number of piperazine rings is 1. The fourth-order valence-electron chi connectivity index (χ4n) is 6.42. The van der Waals surface area contributed by atoms with Gasteiger partial charge in [-0.1, -0.05) is 66.7 Å². The van der Waals surface area contributed by atoms with Crippen LogP contribution in [0.5, 0.6) is 0 Å². The van der Waals surface area contributed by atoms with Crippen molar-refractivity contribution in [2.75, 3.05) is 19.7 Å². The number of benzene rings is 3. The maximum atomic E-state index is 14.4. The van der Waals surface area contributed by atoms with E-state index in [-0.39, 0.29) is 38.4 Å². The van der Waals surface area contributed by atoms with Gasteiger partial charge in [-0.15, -0.1) is 0 Å². The first-order valence-corrected chi connectivity index (χ1v) is 15.6. The predicted octanol–water partition coefficient (Wildman–Crippen LogP) is 2.80. The molecule has 46 heavy (non-hydrogen) atoms. The number of hydrogen-bond donors (Lipinski definition) is 2. The first-order valence-electron chi connectivity index (χ1n) is 15.6. The van der Waals surface area contributed by atoms with Crippen LogP contribution in [0.3, 0.4) is 0 Å². The molecule has 5 atom stereocenters. The molecular weight excluding hydrogens is 588 g/mol. The van der Waals surface area contributed by atoms with Gasteiger partial charge in [0.15, 0.2) is 0 Å². The van der Waals surface area contributed by atoms with Gasteiger partial charge in [0.05, 0.1) is 19.0 Å². The van der Waals surface area contributed by atoms with Crippen molar-refractivity contribution in [3.05, 3.63) is 96.1 Å². The van der Waals surface area contributed by atoms with Crippen LogP contribution in [0, 0.1) is 0 Å². The second-order valence-corrected chi connectivity index (χ2v) is 11.6. The van der Waals surface area contributed by atoms with Crippen LogP contribution in [-0.4, -0.2) is 89.6 Å². The zero-order valence-electron chi connectivity index (χ0n) is 25.5. The molecule has 11 heteroatoms. The third-order valence-electron chi connectivity index (χ3n) is 8.62. The van der Waals surface area contributed by atoms with Crippen molar-refractivity contribution in [1.29, 1.82) is 0 Å². The highest BCUT2D eigenvalue weighted by Gasteiger charge is 2.46. The molecule has 238 valence electrons. The quantitative estimate of drug-likeness (QED) is 0.305. The van der Waals surface area contributed by atoms with E-state index in [0.717, 1.165) is 10.8 Å². The molecule has 11 nitrogen and oxygen atoms in total. The molecule has 3 aromatic rings. The van der Waals surface area contributed by atoms with Crippen LogP contribution >= 0.6 is 0 Å². The Hall–Kier alpha value is -5.03. The van der Waals surface area contributed by atoms with E-state index < -0.39 is 54.1 Å². The fraction of sp³-hybridized carbons (Fsp3) is 0.343. The summed E-state index contributed by atoms with van der Waals surface area (Å²) in [7, 11) is 0. The molecule has 2 unspecified atom stereocenters. The summed E-state index contributed by atoms with van der Waals surface area (Å²) in [5.74, 6) is -2.13. The van der Waals surface area contributed by atoms with Crippen molar-refractivity contribution in [2.24, 2.45) is 0 Å². The minimum atomic E-state index is -1.10. The SMILES string of the molecule is CCOC1OC(=O)CC1NC(=O)[C@@H]1CN(C(=O)c2ccccc2)C[C@@H]2C/C=C\C[C@H](NC(=O)c3cccc4ccccc34)C(=O)N21.